The Morgan fingerprint density at radius 3 is 2.29 bits per heavy atom. The van der Waals surface area contributed by atoms with Gasteiger partial charge >= 0.3 is 5.97 Å². The lowest BCUT2D eigenvalue weighted by atomic mass is 9.79. The smallest absolute Gasteiger partial charge is 0.345 e. The van der Waals surface area contributed by atoms with Crippen LogP contribution in [0.5, 0.6) is 11.5 Å². The number of benzene rings is 1. The number of ether oxygens (including phenoxy) is 4. The van der Waals surface area contributed by atoms with Gasteiger partial charge in [0.2, 0.25) is 5.79 Å². The van der Waals surface area contributed by atoms with Gasteiger partial charge in [-0.3, -0.25) is 0 Å². The van der Waals surface area contributed by atoms with Gasteiger partial charge in [-0.25, -0.2) is 4.79 Å². The van der Waals surface area contributed by atoms with Crippen LogP contribution in [0.1, 0.15) is 122 Å². The van der Waals surface area contributed by atoms with Gasteiger partial charge in [0.1, 0.15) is 17.1 Å². The molecule has 0 aromatic heterocycles. The molecule has 1 spiro atoms. The third-order valence-corrected chi connectivity index (χ3v) is 20.5. The maximum absolute atomic E-state index is 13.6. The van der Waals surface area contributed by atoms with E-state index in [0.29, 0.717) is 36.7 Å². The number of hydrogen-bond acceptors (Lipinski definition) is 7. The van der Waals surface area contributed by atoms with Crippen LogP contribution in [0.15, 0.2) is 6.07 Å². The molecular formula is C36H62O7Si2. The predicted octanol–water partition coefficient (Wildman–Crippen LogP) is 9.59. The molecule has 5 atom stereocenters. The summed E-state index contributed by atoms with van der Waals surface area (Å²) in [6, 6.07) is 2.09. The van der Waals surface area contributed by atoms with Gasteiger partial charge in [0.25, 0.3) is 8.32 Å². The minimum atomic E-state index is -2.30. The van der Waals surface area contributed by atoms with Crippen LogP contribution < -0.4 is 9.16 Å². The molecule has 0 bridgehead atoms. The monoisotopic (exact) mass is 662 g/mol. The molecule has 45 heavy (non-hydrogen) atoms. The second-order valence-electron chi connectivity index (χ2n) is 16.8. The highest BCUT2D eigenvalue weighted by molar-refractivity contribution is 6.75. The van der Waals surface area contributed by atoms with Crippen molar-refractivity contribution in [2.75, 3.05) is 20.3 Å². The van der Waals surface area contributed by atoms with Gasteiger partial charge in [-0.1, -0.05) is 74.7 Å². The Morgan fingerprint density at radius 2 is 1.69 bits per heavy atom. The fraction of sp³-hybridized carbons (Fsp3) is 0.806. The summed E-state index contributed by atoms with van der Waals surface area (Å²) in [6.45, 7) is 28.2. The van der Waals surface area contributed by atoms with Gasteiger partial charge in [-0.15, -0.1) is 0 Å². The summed E-state index contributed by atoms with van der Waals surface area (Å²) in [5.41, 5.74) is 2.48. The summed E-state index contributed by atoms with van der Waals surface area (Å²) < 4.78 is 39.4. The Kier molecular flexibility index (Phi) is 10.7. The van der Waals surface area contributed by atoms with Gasteiger partial charge in [-0.2, -0.15) is 0 Å². The van der Waals surface area contributed by atoms with Crippen LogP contribution in [0.4, 0.5) is 0 Å². The van der Waals surface area contributed by atoms with Crippen molar-refractivity contribution < 1.29 is 32.6 Å². The van der Waals surface area contributed by atoms with Crippen molar-refractivity contribution in [3.05, 3.63) is 22.8 Å². The first-order valence-corrected chi connectivity index (χ1v) is 23.2. The first kappa shape index (κ1) is 36.4. The van der Waals surface area contributed by atoms with E-state index in [-0.39, 0.29) is 34.1 Å². The van der Waals surface area contributed by atoms with E-state index in [1.807, 2.05) is 0 Å². The first-order valence-electron chi connectivity index (χ1n) is 17.4. The number of rotatable bonds is 11. The zero-order valence-electron chi connectivity index (χ0n) is 30.6. The van der Waals surface area contributed by atoms with E-state index < -0.39 is 28.4 Å². The summed E-state index contributed by atoms with van der Waals surface area (Å²) >= 11 is 0. The van der Waals surface area contributed by atoms with E-state index in [4.69, 9.17) is 27.8 Å². The molecule has 0 amide bonds. The molecule has 0 saturated carbocycles. The second kappa shape index (κ2) is 13.2. The summed E-state index contributed by atoms with van der Waals surface area (Å²) in [5.74, 6) is 0.0933. The third-order valence-electron chi connectivity index (χ3n) is 11.6. The standard InChI is InChI=1S/C36H62O7Si2/c1-14-15-16-17-27-20-26-21-28(43-45(12,13)35(6,7)8)31(33(37)38-9)32-30(26)29(41-27)22-36(42-32)24(2)25(23-39-36)18-19-40-44(10,11)34(3,4)5/h21,24-25,27,29H,14-20,22-23H2,1-13H3/t24-,25+,27+,29-,36-/m0/s1. The first-order chi connectivity index (χ1) is 20.8. The third kappa shape index (κ3) is 7.37. The number of unbranched alkanes of at least 4 members (excludes halogenated alkanes) is 2. The quantitative estimate of drug-likeness (QED) is 0.133. The van der Waals surface area contributed by atoms with Gasteiger partial charge in [-0.05, 0) is 73.1 Å². The molecule has 3 aliphatic rings. The van der Waals surface area contributed by atoms with Crippen LogP contribution in [0.25, 0.3) is 0 Å². The predicted molar refractivity (Wildman–Crippen MR) is 185 cm³/mol. The van der Waals surface area contributed by atoms with Crippen LogP contribution in [-0.4, -0.2) is 54.8 Å². The molecule has 1 aromatic carbocycles. The van der Waals surface area contributed by atoms with E-state index >= 15 is 0 Å². The van der Waals surface area contributed by atoms with Crippen LogP contribution in [0.3, 0.4) is 0 Å². The fourth-order valence-corrected chi connectivity index (χ4v) is 8.48. The number of hydrogen-bond donors (Lipinski definition) is 0. The van der Waals surface area contributed by atoms with E-state index in [1.165, 1.54) is 20.0 Å². The van der Waals surface area contributed by atoms with Gasteiger partial charge in [0.05, 0.1) is 25.9 Å². The molecule has 1 fully saturated rings. The summed E-state index contributed by atoms with van der Waals surface area (Å²) in [7, 11) is -2.73. The van der Waals surface area contributed by atoms with Crippen LogP contribution >= 0.6 is 0 Å². The maximum atomic E-state index is 13.6. The van der Waals surface area contributed by atoms with Crippen molar-refractivity contribution in [3.8, 4) is 11.5 Å². The summed E-state index contributed by atoms with van der Waals surface area (Å²) in [5, 5.41) is 0.118. The molecule has 3 aliphatic heterocycles. The minimum absolute atomic E-state index is 0.0489. The molecule has 1 saturated heterocycles. The van der Waals surface area contributed by atoms with Crippen LogP contribution in [0.2, 0.25) is 36.3 Å². The van der Waals surface area contributed by atoms with Crippen molar-refractivity contribution in [1.82, 2.24) is 0 Å². The lowest BCUT2D eigenvalue weighted by Gasteiger charge is -2.46. The van der Waals surface area contributed by atoms with Crippen LogP contribution in [-0.2, 0) is 25.1 Å². The Bertz CT molecular complexity index is 1220. The van der Waals surface area contributed by atoms with E-state index in [9.17, 15) is 4.79 Å². The second-order valence-corrected chi connectivity index (χ2v) is 26.4. The molecule has 7 nitrogen and oxygen atoms in total. The maximum Gasteiger partial charge on any atom is 0.345 e. The Balaban J connectivity index is 1.73. The lowest BCUT2D eigenvalue weighted by Crippen LogP contribution is -2.49. The van der Waals surface area contributed by atoms with Gasteiger partial charge < -0.3 is 27.8 Å². The highest BCUT2D eigenvalue weighted by Crippen LogP contribution is 2.56. The lowest BCUT2D eigenvalue weighted by molar-refractivity contribution is -0.214. The molecule has 0 aliphatic carbocycles. The summed E-state index contributed by atoms with van der Waals surface area (Å²) in [6.07, 6.45) is 6.66. The normalized spacial score (nSPS) is 26.9. The van der Waals surface area contributed by atoms with Crippen molar-refractivity contribution in [3.63, 3.8) is 0 Å². The Morgan fingerprint density at radius 1 is 1.02 bits per heavy atom. The molecule has 4 rings (SSSR count). The Labute approximate surface area is 275 Å². The van der Waals surface area contributed by atoms with Crippen molar-refractivity contribution in [1.29, 1.82) is 0 Å². The van der Waals surface area contributed by atoms with Crippen molar-refractivity contribution >= 4 is 22.6 Å². The molecule has 9 heteroatoms. The van der Waals surface area contributed by atoms with Gasteiger partial charge in [0.15, 0.2) is 8.32 Å². The molecule has 3 heterocycles. The number of carbonyl (C=O) groups excluding carboxylic acids is 1. The SMILES string of the molecule is CCCCC[C@@H]1Cc2cc(O[Si](C)(C)C(C)(C)C)c(C(=O)OC)c3c2[C@H](C[C@]2(OC[C@@H](CCO[Si](C)(C)C(C)(C)C)[C@@H]2C)O3)O1. The molecule has 1 aromatic rings. The number of methoxy groups -OCH3 is 1. The highest BCUT2D eigenvalue weighted by Gasteiger charge is 2.56. The average molecular weight is 663 g/mol. The van der Waals surface area contributed by atoms with E-state index in [0.717, 1.165) is 36.8 Å². The molecule has 0 unspecified atom stereocenters. The minimum Gasteiger partial charge on any atom is -0.543 e. The molecule has 256 valence electrons. The number of carbonyl (C=O) groups is 1. The van der Waals surface area contributed by atoms with E-state index in [1.54, 1.807) is 0 Å². The molecule has 0 radical (unpaired) electrons. The highest BCUT2D eigenvalue weighted by atomic mass is 28.4. The molecular weight excluding hydrogens is 601 g/mol. The Hall–Kier alpha value is -1.40. The zero-order chi connectivity index (χ0) is 33.6. The topological polar surface area (TPSA) is 72.5 Å². The zero-order valence-corrected chi connectivity index (χ0v) is 32.6. The molecule has 0 N–H and O–H groups in total. The average Bonchev–Trinajstić information content (AvgIpc) is 3.20. The fourth-order valence-electron chi connectivity index (χ4n) is 6.41. The summed E-state index contributed by atoms with van der Waals surface area (Å²) in [4.78, 5) is 13.6. The van der Waals surface area contributed by atoms with Crippen LogP contribution in [0, 0.1) is 11.8 Å². The van der Waals surface area contributed by atoms with Gasteiger partial charge in [0, 0.05) is 24.5 Å². The number of esters is 1. The van der Waals surface area contributed by atoms with Crippen molar-refractivity contribution in [2.45, 2.75) is 155 Å². The largest absolute Gasteiger partial charge is 0.543 e. The van der Waals surface area contributed by atoms with E-state index in [2.05, 4.69) is 87.6 Å². The van der Waals surface area contributed by atoms with Crippen molar-refractivity contribution in [2.24, 2.45) is 11.8 Å².